The number of benzene rings is 1. The summed E-state index contributed by atoms with van der Waals surface area (Å²) in [7, 11) is 0. The van der Waals surface area contributed by atoms with E-state index in [9.17, 15) is 0 Å². The highest BCUT2D eigenvalue weighted by atomic mass is 79.9. The number of hydrogen-bond donors (Lipinski definition) is 0. The lowest BCUT2D eigenvalue weighted by Gasteiger charge is -2.01. The first-order valence-corrected chi connectivity index (χ1v) is 5.32. The molecule has 0 saturated carbocycles. The largest absolute Gasteiger partial charge is 0.193 e. The van der Waals surface area contributed by atoms with Gasteiger partial charge in [-0.15, -0.1) is 0 Å². The molecule has 0 spiro atoms. The second-order valence-corrected chi connectivity index (χ2v) is 4.42. The zero-order valence-electron chi connectivity index (χ0n) is 6.39. The van der Waals surface area contributed by atoms with E-state index in [-0.39, 0.29) is 0 Å². The number of hydrogen-bond acceptors (Lipinski definition) is 1. The normalized spacial score (nSPS) is 11.1. The summed E-state index contributed by atoms with van der Waals surface area (Å²) in [6.07, 6.45) is 1.30. The van der Waals surface area contributed by atoms with Crippen molar-refractivity contribution >= 4 is 48.5 Å². The molecule has 0 aromatic heterocycles. The van der Waals surface area contributed by atoms with Crippen LogP contribution in [0.2, 0.25) is 0 Å². The maximum absolute atomic E-state index is 8.41. The van der Waals surface area contributed by atoms with Crippen LogP contribution in [0, 0.1) is 11.3 Å². The van der Waals surface area contributed by atoms with Crippen molar-refractivity contribution in [3.05, 3.63) is 38.8 Å². The van der Waals surface area contributed by atoms with E-state index in [1.807, 2.05) is 24.3 Å². The predicted octanol–water partition coefficient (Wildman–Crippen LogP) is 4.31. The van der Waals surface area contributed by atoms with Crippen molar-refractivity contribution in [1.29, 1.82) is 5.26 Å². The van der Waals surface area contributed by atoms with Crippen molar-refractivity contribution in [3.8, 4) is 6.07 Å². The molecule has 1 aromatic rings. The lowest BCUT2D eigenvalue weighted by molar-refractivity contribution is 1.52. The standard InChI is InChI=1S/C9H4Br2ClN/c10-6-1-2-7(8(11)5-6)9(12)3-4-13/h1-3,5H/b9-3+. The molecule has 0 N–H and O–H groups in total. The molecule has 13 heavy (non-hydrogen) atoms. The summed E-state index contributed by atoms with van der Waals surface area (Å²) >= 11 is 12.5. The molecule has 66 valence electrons. The van der Waals surface area contributed by atoms with Crippen LogP contribution in [-0.2, 0) is 0 Å². The minimum absolute atomic E-state index is 0.432. The van der Waals surface area contributed by atoms with Gasteiger partial charge < -0.3 is 0 Å². The lowest BCUT2D eigenvalue weighted by Crippen LogP contribution is -1.79. The molecule has 4 heteroatoms. The van der Waals surface area contributed by atoms with Crippen LogP contribution in [0.5, 0.6) is 0 Å². The highest BCUT2D eigenvalue weighted by Gasteiger charge is 2.03. The topological polar surface area (TPSA) is 23.8 Å². The van der Waals surface area contributed by atoms with E-state index in [2.05, 4.69) is 31.9 Å². The van der Waals surface area contributed by atoms with Crippen LogP contribution >= 0.6 is 43.5 Å². The van der Waals surface area contributed by atoms with Crippen LogP contribution in [-0.4, -0.2) is 0 Å². The van der Waals surface area contributed by atoms with E-state index < -0.39 is 0 Å². The fourth-order valence-electron chi connectivity index (χ4n) is 0.818. The summed E-state index contributed by atoms with van der Waals surface area (Å²) in [5.74, 6) is 0. The Bertz CT molecular complexity index is 393. The number of allylic oxidation sites excluding steroid dienone is 1. The molecule has 0 unspecified atom stereocenters. The van der Waals surface area contributed by atoms with Crippen molar-refractivity contribution in [1.82, 2.24) is 0 Å². The summed E-state index contributed by atoms with van der Waals surface area (Å²) < 4.78 is 1.82. The predicted molar refractivity (Wildman–Crippen MR) is 61.3 cm³/mol. The van der Waals surface area contributed by atoms with Crippen molar-refractivity contribution < 1.29 is 0 Å². The Kier molecular flexibility index (Phi) is 3.98. The van der Waals surface area contributed by atoms with Crippen LogP contribution in [0.1, 0.15) is 5.56 Å². The van der Waals surface area contributed by atoms with Gasteiger partial charge in [0.15, 0.2) is 0 Å². The second kappa shape index (κ2) is 4.80. The SMILES string of the molecule is N#C/C=C(/Cl)c1ccc(Br)cc1Br. The number of nitriles is 1. The lowest BCUT2D eigenvalue weighted by atomic mass is 10.2. The van der Waals surface area contributed by atoms with E-state index >= 15 is 0 Å². The molecule has 0 amide bonds. The molecule has 1 nitrogen and oxygen atoms in total. The summed E-state index contributed by atoms with van der Waals surface area (Å²) in [5.41, 5.74) is 0.811. The number of rotatable bonds is 1. The first-order chi connectivity index (χ1) is 6.15. The van der Waals surface area contributed by atoms with Gasteiger partial charge >= 0.3 is 0 Å². The molecule has 0 aliphatic heterocycles. The van der Waals surface area contributed by atoms with Gasteiger partial charge in [0.25, 0.3) is 0 Å². The first kappa shape index (κ1) is 10.8. The zero-order chi connectivity index (χ0) is 9.84. The number of halogens is 3. The van der Waals surface area contributed by atoms with E-state index in [1.165, 1.54) is 6.08 Å². The molecule has 0 saturated heterocycles. The molecule has 0 atom stereocenters. The highest BCUT2D eigenvalue weighted by molar-refractivity contribution is 9.11. The molecule has 0 aliphatic carbocycles. The quantitative estimate of drug-likeness (QED) is 0.707. The smallest absolute Gasteiger partial charge is 0.0927 e. The van der Waals surface area contributed by atoms with Crippen molar-refractivity contribution in [2.75, 3.05) is 0 Å². The van der Waals surface area contributed by atoms with Crippen LogP contribution in [0.4, 0.5) is 0 Å². The molecule has 0 heterocycles. The van der Waals surface area contributed by atoms with Crippen LogP contribution in [0.15, 0.2) is 33.2 Å². The molecule has 1 aromatic carbocycles. The van der Waals surface area contributed by atoms with Gasteiger partial charge in [-0.1, -0.05) is 49.5 Å². The molecule has 0 fully saturated rings. The molecular weight excluding hydrogens is 317 g/mol. The Hall–Kier alpha value is -0.300. The fourth-order valence-corrected chi connectivity index (χ4v) is 2.41. The van der Waals surface area contributed by atoms with Gasteiger partial charge in [0.05, 0.1) is 11.1 Å². The Morgan fingerprint density at radius 1 is 1.46 bits per heavy atom. The summed E-state index contributed by atoms with van der Waals surface area (Å²) in [6.45, 7) is 0. The minimum Gasteiger partial charge on any atom is -0.193 e. The minimum atomic E-state index is 0.432. The summed E-state index contributed by atoms with van der Waals surface area (Å²) in [5, 5.41) is 8.84. The maximum Gasteiger partial charge on any atom is 0.0927 e. The Labute approximate surface area is 98.3 Å². The third-order valence-corrected chi connectivity index (χ3v) is 2.84. The molecule has 0 radical (unpaired) electrons. The van der Waals surface area contributed by atoms with E-state index in [0.717, 1.165) is 14.5 Å². The summed E-state index contributed by atoms with van der Waals surface area (Å²) in [6, 6.07) is 7.47. The van der Waals surface area contributed by atoms with Crippen molar-refractivity contribution in [2.24, 2.45) is 0 Å². The van der Waals surface area contributed by atoms with Gasteiger partial charge in [-0.3, -0.25) is 0 Å². The van der Waals surface area contributed by atoms with Gasteiger partial charge in [-0.2, -0.15) is 5.26 Å². The summed E-state index contributed by atoms with van der Waals surface area (Å²) in [4.78, 5) is 0. The van der Waals surface area contributed by atoms with Gasteiger partial charge in [0, 0.05) is 20.6 Å². The van der Waals surface area contributed by atoms with Crippen LogP contribution in [0.3, 0.4) is 0 Å². The Morgan fingerprint density at radius 2 is 2.15 bits per heavy atom. The first-order valence-electron chi connectivity index (χ1n) is 3.36. The third-order valence-electron chi connectivity index (χ3n) is 1.38. The zero-order valence-corrected chi connectivity index (χ0v) is 10.3. The molecule has 0 aliphatic rings. The Balaban J connectivity index is 3.18. The van der Waals surface area contributed by atoms with Crippen LogP contribution < -0.4 is 0 Å². The van der Waals surface area contributed by atoms with E-state index in [1.54, 1.807) is 0 Å². The fraction of sp³-hybridized carbons (Fsp3) is 0. The Morgan fingerprint density at radius 3 is 2.69 bits per heavy atom. The van der Waals surface area contributed by atoms with Gasteiger partial charge in [-0.25, -0.2) is 0 Å². The average Bonchev–Trinajstić information content (AvgIpc) is 2.04. The maximum atomic E-state index is 8.41. The second-order valence-electron chi connectivity index (χ2n) is 2.25. The molecule has 1 rings (SSSR count). The molecular formula is C9H4Br2ClN. The van der Waals surface area contributed by atoms with Crippen molar-refractivity contribution in [3.63, 3.8) is 0 Å². The number of nitrogens with zero attached hydrogens (tertiary/aromatic N) is 1. The van der Waals surface area contributed by atoms with Gasteiger partial charge in [0.1, 0.15) is 0 Å². The van der Waals surface area contributed by atoms with E-state index in [0.29, 0.717) is 5.03 Å². The highest BCUT2D eigenvalue weighted by Crippen LogP contribution is 2.29. The van der Waals surface area contributed by atoms with Gasteiger partial charge in [0.2, 0.25) is 0 Å². The average molecular weight is 321 g/mol. The third kappa shape index (κ3) is 2.84. The molecule has 0 bridgehead atoms. The van der Waals surface area contributed by atoms with E-state index in [4.69, 9.17) is 16.9 Å². The van der Waals surface area contributed by atoms with Crippen LogP contribution in [0.25, 0.3) is 5.03 Å². The van der Waals surface area contributed by atoms with Gasteiger partial charge in [-0.05, 0) is 12.1 Å². The van der Waals surface area contributed by atoms with Crippen molar-refractivity contribution in [2.45, 2.75) is 0 Å². The monoisotopic (exact) mass is 319 g/mol.